The Hall–Kier alpha value is -0.590. The van der Waals surface area contributed by atoms with Crippen LogP contribution in [0, 0.1) is 53.3 Å². The average molecular weight is 371 g/mol. The van der Waals surface area contributed by atoms with E-state index in [1.165, 1.54) is 56.9 Å². The Kier molecular flexibility index (Phi) is 5.87. The van der Waals surface area contributed by atoms with Crippen LogP contribution < -0.4 is 0 Å². The van der Waals surface area contributed by atoms with Crippen molar-refractivity contribution in [3.05, 3.63) is 11.6 Å². The number of hydrogen-bond donors (Lipinski definition) is 0. The highest BCUT2D eigenvalue weighted by molar-refractivity contribution is 5.91. The molecule has 1 nitrogen and oxygen atoms in total. The second-order valence-electron chi connectivity index (χ2n) is 11.1. The van der Waals surface area contributed by atoms with Gasteiger partial charge in [0, 0.05) is 6.42 Å². The Morgan fingerprint density at radius 1 is 0.815 bits per heavy atom. The minimum atomic E-state index is 0.402. The van der Waals surface area contributed by atoms with Gasteiger partial charge in [-0.3, -0.25) is 4.79 Å². The number of hydrogen-bond acceptors (Lipinski definition) is 1. The molecule has 0 aromatic rings. The van der Waals surface area contributed by atoms with Gasteiger partial charge in [0.2, 0.25) is 0 Å². The lowest BCUT2D eigenvalue weighted by Gasteiger charge is -2.50. The summed E-state index contributed by atoms with van der Waals surface area (Å²) in [4.78, 5) is 11.9. The van der Waals surface area contributed by atoms with Gasteiger partial charge in [-0.25, -0.2) is 0 Å². The van der Waals surface area contributed by atoms with Gasteiger partial charge in [0.1, 0.15) is 0 Å². The van der Waals surface area contributed by atoms with Gasteiger partial charge in [-0.1, -0.05) is 46.1 Å². The molecule has 0 bridgehead atoms. The van der Waals surface area contributed by atoms with E-state index in [0.717, 1.165) is 66.1 Å². The van der Waals surface area contributed by atoms with Crippen LogP contribution in [0.1, 0.15) is 91.9 Å². The van der Waals surface area contributed by atoms with E-state index in [2.05, 4.69) is 27.7 Å². The maximum absolute atomic E-state index is 11.9. The van der Waals surface area contributed by atoms with E-state index < -0.39 is 0 Å². The van der Waals surface area contributed by atoms with E-state index in [-0.39, 0.29) is 0 Å². The van der Waals surface area contributed by atoms with E-state index in [4.69, 9.17) is 0 Å². The lowest BCUT2D eigenvalue weighted by molar-refractivity contribution is -0.115. The van der Waals surface area contributed by atoms with Crippen molar-refractivity contribution in [2.24, 2.45) is 53.3 Å². The van der Waals surface area contributed by atoms with Gasteiger partial charge < -0.3 is 0 Å². The number of allylic oxidation sites excluding steroid dienone is 1. The van der Waals surface area contributed by atoms with Gasteiger partial charge in [0.15, 0.2) is 5.78 Å². The highest BCUT2D eigenvalue weighted by Gasteiger charge is 2.50. The van der Waals surface area contributed by atoms with E-state index in [9.17, 15) is 4.79 Å². The molecule has 4 aliphatic carbocycles. The molecule has 4 rings (SSSR count). The van der Waals surface area contributed by atoms with Crippen LogP contribution in [-0.4, -0.2) is 5.78 Å². The molecule has 27 heavy (non-hydrogen) atoms. The normalized spacial score (nSPS) is 40.8. The van der Waals surface area contributed by atoms with Crippen molar-refractivity contribution in [2.75, 3.05) is 0 Å². The van der Waals surface area contributed by atoms with Crippen molar-refractivity contribution < 1.29 is 4.79 Å². The predicted octanol–water partition coefficient (Wildman–Crippen LogP) is 7.06. The summed E-state index contributed by atoms with van der Waals surface area (Å²) in [5, 5.41) is 0. The summed E-state index contributed by atoms with van der Waals surface area (Å²) in [5.41, 5.74) is 1.54. The largest absolute Gasteiger partial charge is 0.295 e. The zero-order chi connectivity index (χ0) is 19.1. The fourth-order valence-corrected chi connectivity index (χ4v) is 7.66. The van der Waals surface area contributed by atoms with Crippen molar-refractivity contribution in [2.45, 2.75) is 91.9 Å². The number of fused-ring (bicyclic) bond motifs is 5. The first-order valence-electron chi connectivity index (χ1n) is 12.2. The standard InChI is InChI=1S/C26H42O/c1-16(2)17(3)5-6-18(4)21-11-12-26-23(21)13-14-24-22-10-8-20(27)15-19(22)7-9-25(24)26/h15-18,21-26H,5-14H2,1-4H3. The summed E-state index contributed by atoms with van der Waals surface area (Å²) in [7, 11) is 0. The number of ketones is 1. The molecule has 0 spiro atoms. The Bertz CT molecular complexity index is 573. The van der Waals surface area contributed by atoms with Crippen LogP contribution in [0.2, 0.25) is 0 Å². The molecule has 8 unspecified atom stereocenters. The Labute approximate surface area is 167 Å². The van der Waals surface area contributed by atoms with Crippen LogP contribution in [-0.2, 0) is 4.79 Å². The van der Waals surface area contributed by atoms with Crippen LogP contribution in [0.5, 0.6) is 0 Å². The SMILES string of the molecule is CC(C)C(C)CCC(C)C1CCC2C1CCC1C3CCC(=O)C=C3CCC12. The molecule has 4 aliphatic rings. The summed E-state index contributed by atoms with van der Waals surface area (Å²) in [6.07, 6.45) is 15.4. The van der Waals surface area contributed by atoms with Crippen LogP contribution in [0.25, 0.3) is 0 Å². The lowest BCUT2D eigenvalue weighted by Crippen LogP contribution is -2.42. The Balaban J connectivity index is 1.39. The smallest absolute Gasteiger partial charge is 0.155 e. The summed E-state index contributed by atoms with van der Waals surface area (Å²) < 4.78 is 0. The van der Waals surface area contributed by atoms with Crippen LogP contribution in [0.15, 0.2) is 11.6 Å². The zero-order valence-corrected chi connectivity index (χ0v) is 18.3. The molecule has 1 heteroatoms. The molecular weight excluding hydrogens is 328 g/mol. The van der Waals surface area contributed by atoms with E-state index >= 15 is 0 Å². The van der Waals surface area contributed by atoms with E-state index in [1.807, 2.05) is 6.08 Å². The molecule has 0 radical (unpaired) electrons. The molecule has 8 atom stereocenters. The monoisotopic (exact) mass is 370 g/mol. The number of carbonyl (C=O) groups excluding carboxylic acids is 1. The number of carbonyl (C=O) groups is 1. The van der Waals surface area contributed by atoms with Gasteiger partial charge in [0.25, 0.3) is 0 Å². The van der Waals surface area contributed by atoms with Gasteiger partial charge in [-0.2, -0.15) is 0 Å². The molecule has 0 aromatic heterocycles. The maximum atomic E-state index is 11.9. The summed E-state index contributed by atoms with van der Waals surface area (Å²) in [6.45, 7) is 9.78. The third kappa shape index (κ3) is 3.82. The van der Waals surface area contributed by atoms with Gasteiger partial charge in [-0.15, -0.1) is 0 Å². The molecule has 3 fully saturated rings. The maximum Gasteiger partial charge on any atom is 0.155 e. The molecule has 0 heterocycles. The minimum Gasteiger partial charge on any atom is -0.295 e. The van der Waals surface area contributed by atoms with Crippen molar-refractivity contribution in [3.8, 4) is 0 Å². The summed E-state index contributed by atoms with van der Waals surface area (Å²) in [5.74, 6) is 8.71. The third-order valence-corrected chi connectivity index (χ3v) is 9.62. The lowest BCUT2D eigenvalue weighted by atomic mass is 9.55. The molecule has 0 saturated heterocycles. The van der Waals surface area contributed by atoms with Crippen molar-refractivity contribution >= 4 is 5.78 Å². The second-order valence-corrected chi connectivity index (χ2v) is 11.1. The predicted molar refractivity (Wildman–Crippen MR) is 113 cm³/mol. The highest BCUT2D eigenvalue weighted by atomic mass is 16.1. The fourth-order valence-electron chi connectivity index (χ4n) is 7.66. The van der Waals surface area contributed by atoms with Gasteiger partial charge in [-0.05, 0) is 104 Å². The van der Waals surface area contributed by atoms with E-state index in [0.29, 0.717) is 5.78 Å². The first kappa shape index (κ1) is 19.7. The summed E-state index contributed by atoms with van der Waals surface area (Å²) in [6, 6.07) is 0. The number of rotatable bonds is 5. The second kappa shape index (κ2) is 8.03. The van der Waals surface area contributed by atoms with Crippen molar-refractivity contribution in [1.29, 1.82) is 0 Å². The van der Waals surface area contributed by atoms with Gasteiger partial charge >= 0.3 is 0 Å². The first-order valence-corrected chi connectivity index (χ1v) is 12.2. The zero-order valence-electron chi connectivity index (χ0n) is 18.3. The van der Waals surface area contributed by atoms with Crippen LogP contribution >= 0.6 is 0 Å². The van der Waals surface area contributed by atoms with E-state index in [1.54, 1.807) is 0 Å². The van der Waals surface area contributed by atoms with Crippen LogP contribution in [0.3, 0.4) is 0 Å². The minimum absolute atomic E-state index is 0.402. The molecule has 0 aliphatic heterocycles. The first-order chi connectivity index (χ1) is 13.0. The topological polar surface area (TPSA) is 17.1 Å². The highest BCUT2D eigenvalue weighted by Crippen LogP contribution is 2.59. The average Bonchev–Trinajstić information content (AvgIpc) is 3.09. The fraction of sp³-hybridized carbons (Fsp3) is 0.885. The molecule has 0 amide bonds. The van der Waals surface area contributed by atoms with Crippen molar-refractivity contribution in [3.63, 3.8) is 0 Å². The molecule has 0 aromatic carbocycles. The Morgan fingerprint density at radius 3 is 2.30 bits per heavy atom. The van der Waals surface area contributed by atoms with Gasteiger partial charge in [0.05, 0.1) is 0 Å². The molecule has 152 valence electrons. The molecule has 3 saturated carbocycles. The summed E-state index contributed by atoms with van der Waals surface area (Å²) >= 11 is 0. The Morgan fingerprint density at radius 2 is 1.52 bits per heavy atom. The molecular formula is C26H42O. The third-order valence-electron chi connectivity index (χ3n) is 9.62. The van der Waals surface area contributed by atoms with Crippen LogP contribution in [0.4, 0.5) is 0 Å². The van der Waals surface area contributed by atoms with Crippen molar-refractivity contribution in [1.82, 2.24) is 0 Å². The molecule has 0 N–H and O–H groups in total. The quantitative estimate of drug-likeness (QED) is 0.506.